The second kappa shape index (κ2) is 41.2. The van der Waals surface area contributed by atoms with Crippen molar-refractivity contribution < 1.29 is 38.1 Å². The van der Waals surface area contributed by atoms with Gasteiger partial charge >= 0.3 is 6.03 Å². The van der Waals surface area contributed by atoms with Gasteiger partial charge in [-0.15, -0.1) is 0 Å². The molecule has 35 heteroatoms. The molecule has 0 saturated carbocycles. The lowest BCUT2D eigenvalue weighted by molar-refractivity contribution is -0.130. The molecule has 4 fully saturated rings. The van der Waals surface area contributed by atoms with Crippen LogP contribution < -0.4 is 24.9 Å². The summed E-state index contributed by atoms with van der Waals surface area (Å²) in [4.78, 5) is 66.5. The normalized spacial score (nSPS) is 19.6. The van der Waals surface area contributed by atoms with Crippen LogP contribution in [0.15, 0.2) is 141 Å². The molecule has 4 saturated heterocycles. The number of fused-ring (bicyclic) bond motifs is 8. The molecule has 756 valence electrons. The van der Waals surface area contributed by atoms with Gasteiger partial charge in [-0.3, -0.25) is 51.8 Å². The summed E-state index contributed by atoms with van der Waals surface area (Å²) in [5.74, 6) is 4.91. The molecule has 4 atom stereocenters. The van der Waals surface area contributed by atoms with Crippen molar-refractivity contribution in [1.82, 2.24) is 103 Å². The van der Waals surface area contributed by atoms with Crippen molar-refractivity contribution in [2.75, 3.05) is 132 Å². The zero-order chi connectivity index (χ0) is 100. The van der Waals surface area contributed by atoms with Crippen LogP contribution in [0.1, 0.15) is 193 Å². The first-order chi connectivity index (χ1) is 71.1. The number of benzene rings is 5. The van der Waals surface area contributed by atoms with Crippen molar-refractivity contribution in [3.8, 4) is 56.6 Å². The highest BCUT2D eigenvalue weighted by Gasteiger charge is 2.42. The van der Waals surface area contributed by atoms with Gasteiger partial charge in [0.2, 0.25) is 17.7 Å². The van der Waals surface area contributed by atoms with Crippen molar-refractivity contribution in [1.29, 1.82) is 10.5 Å². The average molecular weight is 1970 g/mol. The fourth-order valence-electron chi connectivity index (χ4n) is 24.1. The van der Waals surface area contributed by atoms with Crippen LogP contribution in [0.5, 0.6) is 0 Å². The van der Waals surface area contributed by atoms with Gasteiger partial charge in [0.05, 0.1) is 112 Å². The van der Waals surface area contributed by atoms with Crippen molar-refractivity contribution in [3.63, 3.8) is 0 Å². The summed E-state index contributed by atoms with van der Waals surface area (Å²) in [5, 5.41) is 61.2. The summed E-state index contributed by atoms with van der Waals surface area (Å²) < 4.78 is 38.8. The minimum atomic E-state index is -0.0673. The molecule has 20 heterocycles. The number of hydrogen-bond donors (Lipinski definition) is 1. The highest BCUT2D eigenvalue weighted by molar-refractivity contribution is 5.84. The first kappa shape index (κ1) is 96.3. The van der Waals surface area contributed by atoms with E-state index in [-0.39, 0.29) is 35.8 Å². The third kappa shape index (κ3) is 19.0. The minimum Gasteiger partial charge on any atom is -0.381 e. The maximum Gasteiger partial charge on any atom is 0.317 e. The van der Waals surface area contributed by atoms with Gasteiger partial charge in [0, 0.05) is 306 Å². The molecule has 0 aliphatic carbocycles. The Labute approximate surface area is 850 Å². The summed E-state index contributed by atoms with van der Waals surface area (Å²) >= 11 is 0. The van der Waals surface area contributed by atoms with E-state index in [1.807, 2.05) is 106 Å². The number of rotatable bonds is 13. The van der Waals surface area contributed by atoms with Crippen LogP contribution in [0.25, 0.3) is 44.5 Å². The lowest BCUT2D eigenvalue weighted by Gasteiger charge is -2.37. The van der Waals surface area contributed by atoms with E-state index in [0.29, 0.717) is 87.5 Å². The van der Waals surface area contributed by atoms with Crippen molar-refractivity contribution >= 4 is 69.8 Å². The maximum absolute atomic E-state index is 12.5. The van der Waals surface area contributed by atoms with Gasteiger partial charge in [-0.1, -0.05) is 49.4 Å². The van der Waals surface area contributed by atoms with Crippen LogP contribution in [0.2, 0.25) is 0 Å². The van der Waals surface area contributed by atoms with Gasteiger partial charge in [-0.05, 0) is 170 Å². The van der Waals surface area contributed by atoms with Gasteiger partial charge in [-0.25, -0.2) is 4.79 Å². The Bertz CT molecular complexity index is 7170. The molecule has 0 spiro atoms. The number of carbonyl (C=O) groups is 4. The van der Waals surface area contributed by atoms with Crippen molar-refractivity contribution in [3.05, 3.63) is 225 Å². The fraction of sp³-hybridized carbons (Fsp3) is 0.459. The number of aromatic nitrogens is 16. The lowest BCUT2D eigenvalue weighted by atomic mass is 9.86. The Balaban J connectivity index is 0.000000111. The van der Waals surface area contributed by atoms with Crippen LogP contribution >= 0.6 is 0 Å². The van der Waals surface area contributed by atoms with Crippen LogP contribution in [0, 0.1) is 28.6 Å². The number of carbonyl (C=O) groups excluding carboxylic acids is 4. The van der Waals surface area contributed by atoms with Crippen LogP contribution in [0.4, 0.5) is 50.8 Å². The number of anilines is 8. The van der Waals surface area contributed by atoms with Crippen LogP contribution in [-0.2, 0) is 139 Å². The molecule has 0 radical (unpaired) electrons. The highest BCUT2D eigenvalue weighted by Crippen LogP contribution is 2.50. The number of nitrogens with one attached hydrogen (secondary N) is 1. The van der Waals surface area contributed by atoms with E-state index in [0.717, 1.165) is 261 Å². The Kier molecular flexibility index (Phi) is 27.2. The Morgan fingerprint density at radius 3 is 1.18 bits per heavy atom. The van der Waals surface area contributed by atoms with Gasteiger partial charge in [0.25, 0.3) is 0 Å². The Morgan fingerprint density at radius 2 is 0.753 bits per heavy atom. The zero-order valence-corrected chi connectivity index (χ0v) is 85.1. The summed E-state index contributed by atoms with van der Waals surface area (Å²) in [6.07, 6.45) is 30.5. The van der Waals surface area contributed by atoms with Gasteiger partial charge in [0.15, 0.2) is 23.3 Å². The van der Waals surface area contributed by atoms with E-state index >= 15 is 0 Å². The van der Waals surface area contributed by atoms with E-state index in [4.69, 9.17) is 39.3 Å². The molecule has 13 aromatic rings. The number of nitrogens with zero attached hydrogens (tertiary/aromatic N) is 26. The predicted octanol–water partition coefficient (Wildman–Crippen LogP) is 14.9. The number of aryl methyl sites for hydroxylation is 6. The zero-order valence-electron chi connectivity index (χ0n) is 85.1. The molecule has 1 unspecified atom stereocenters. The molecule has 12 aliphatic rings. The summed E-state index contributed by atoms with van der Waals surface area (Å²) in [7, 11) is 9.35. The topological polar surface area (TPSA) is 333 Å². The predicted molar refractivity (Wildman–Crippen MR) is 553 cm³/mol. The molecule has 1 N–H and O–H groups in total. The van der Waals surface area contributed by atoms with E-state index in [1.165, 1.54) is 84.2 Å². The van der Waals surface area contributed by atoms with Gasteiger partial charge in [-0.2, -0.15) is 51.3 Å². The summed E-state index contributed by atoms with van der Waals surface area (Å²) in [6.45, 7) is 21.8. The molecule has 25 rings (SSSR count). The first-order valence-corrected chi connectivity index (χ1v) is 52.1. The number of nitriles is 2. The van der Waals surface area contributed by atoms with Crippen LogP contribution in [-0.4, -0.2) is 234 Å². The molecule has 5 amide bonds. The van der Waals surface area contributed by atoms with E-state index < -0.39 is 0 Å². The molecule has 5 aromatic carbocycles. The highest BCUT2D eigenvalue weighted by atomic mass is 16.5. The molecule has 0 bridgehead atoms. The molecule has 146 heavy (non-hydrogen) atoms. The second-order valence-corrected chi connectivity index (χ2v) is 41.2. The smallest absolute Gasteiger partial charge is 0.317 e. The Hall–Kier alpha value is -14.5. The quantitative estimate of drug-likeness (QED) is 0.112. The van der Waals surface area contributed by atoms with Crippen molar-refractivity contribution in [2.24, 2.45) is 34.1 Å². The molecule has 35 nitrogen and oxygen atoms in total. The summed E-state index contributed by atoms with van der Waals surface area (Å²) in [6, 6.07) is 38.5. The van der Waals surface area contributed by atoms with Crippen LogP contribution in [0.3, 0.4) is 0 Å². The summed E-state index contributed by atoms with van der Waals surface area (Å²) in [5.41, 5.74) is 30.2. The minimum absolute atomic E-state index is 0.0673. The number of hydrogen-bond acceptors (Lipinski definition) is 22. The van der Waals surface area contributed by atoms with E-state index in [1.54, 1.807) is 37.2 Å². The second-order valence-electron chi connectivity index (χ2n) is 41.2. The number of urea groups is 1. The fourth-order valence-corrected chi connectivity index (χ4v) is 24.1. The van der Waals surface area contributed by atoms with Gasteiger partial charge in [0.1, 0.15) is 0 Å². The monoisotopic (exact) mass is 1970 g/mol. The SMILES string of the molecule is CC(=O)N1CCc2c(c(N3CC(C)Cc4cc(-c5cnn(C)c5)c(C#N)cc43)nn2[C@H]2CCOC2)C1.CC(=O)N1CCc2c(c(N3CCCc4cc(-c5cnn(C)c5)ccc43)nn2C2CCOCC2)C1.CC(=O)N1CCc2c(c(N3C[C@@H](c4ccccc4)Cc4cc(-c5cnn(C)c5)ccc43)nn2[C@H]2CCOC2)C1.CNC(=O)N1CCc2c(c(N3CCCc4cc(-c5cnn(C)c5)c(C#N)cc43)nn2C2CCOCC2)C1. The third-order valence-corrected chi connectivity index (χ3v) is 31.7. The molecular weight excluding hydrogens is 1840 g/mol. The van der Waals surface area contributed by atoms with E-state index in [9.17, 15) is 29.7 Å². The third-order valence-electron chi connectivity index (χ3n) is 31.7. The number of ether oxygens (including phenoxy) is 4. The molecular formula is C111H129N27O8. The largest absolute Gasteiger partial charge is 0.381 e. The van der Waals surface area contributed by atoms with Gasteiger partial charge < -0.3 is 63.5 Å². The lowest BCUT2D eigenvalue weighted by Crippen LogP contribution is -2.42. The molecule has 8 aromatic heterocycles. The first-order valence-electron chi connectivity index (χ1n) is 52.1. The average Bonchev–Trinajstić information content (AvgIpc) is 1.58. The molecule has 12 aliphatic heterocycles. The Morgan fingerprint density at radius 1 is 0.384 bits per heavy atom. The maximum atomic E-state index is 12.5. The standard InChI is InChI=1S/C31H34N6O2.C27H32N8O2.C27H31N7O2.C26H32N6O2/c1-21(38)35-12-10-30-28(19-35)31(33-37(30)27-11-13-39-20-27)36-18-25(22-6-4-3-5-7-22)15-24-14-23(8-9-29(24)36)26-16-32-34(2)17-26;1-29-27(36)33-9-5-24-23(17-33)26(31-35(24)21-6-10-37-11-7-21)34-8-3-4-18-12-22(19(14-28)13-25(18)34)20-15-30-32(2)16-20;1-17-8-19-9-23(21-12-29-31(3)14-21)20(11-28)10-26(19)33(13-17)27-24-15-32(18(2)35)6-4-25(24)34(30-27)22-5-7-36-16-22;1-18(33)30-11-7-25-23(17-30)26(28-32(25)22-8-12-34-13-9-22)31-10-3-4-20-14-19(5-6-24(20)31)21-15-27-29(2)16-21/h3-9,14,16-17,25,27H,10-13,15,18-20H2,1-2H3;12-13,15-16,21H,3-11,17H2,1-2H3,(H,29,36);9-10,12,14,17,22H,4-8,13,15-16H2,1-3H3;5-6,14-16,22H,3-4,7-13,17H2,1-2H3/t25-,27-;;17?,22-;/m0.0./s1. The van der Waals surface area contributed by atoms with Crippen molar-refractivity contribution in [2.45, 2.75) is 187 Å². The number of amides is 5. The van der Waals surface area contributed by atoms with E-state index in [2.05, 4.69) is 174 Å².